The Bertz CT molecular complexity index is 522. The van der Waals surface area contributed by atoms with Gasteiger partial charge < -0.3 is 10.4 Å². The Balaban J connectivity index is 1.82. The Kier molecular flexibility index (Phi) is 5.18. The Labute approximate surface area is 125 Å². The number of quaternary nitrogens is 1. The van der Waals surface area contributed by atoms with E-state index in [0.29, 0.717) is 11.6 Å². The quantitative estimate of drug-likeness (QED) is 0.788. The molecule has 2 aromatic rings. The molecule has 1 unspecified atom stereocenters. The second-order valence-electron chi connectivity index (χ2n) is 5.30. The van der Waals surface area contributed by atoms with Gasteiger partial charge in [0.15, 0.2) is 0 Å². The van der Waals surface area contributed by atoms with E-state index in [2.05, 4.69) is 29.6 Å². The molecule has 2 rings (SSSR count). The molecule has 0 spiro atoms. The fraction of sp³-hybridized carbons (Fsp3) is 0.294. The van der Waals surface area contributed by atoms with Crippen LogP contribution in [0.4, 0.5) is 0 Å². The summed E-state index contributed by atoms with van der Waals surface area (Å²) in [5.41, 5.74) is 1.40. The highest BCUT2D eigenvalue weighted by molar-refractivity contribution is 6.30. The first-order valence-electron chi connectivity index (χ1n) is 6.92. The summed E-state index contributed by atoms with van der Waals surface area (Å²) in [5, 5.41) is 13.3. The van der Waals surface area contributed by atoms with Crippen LogP contribution in [0.1, 0.15) is 18.1 Å². The van der Waals surface area contributed by atoms with E-state index in [-0.39, 0.29) is 0 Å². The lowest BCUT2D eigenvalue weighted by Crippen LogP contribution is -2.87. The molecule has 2 aromatic carbocycles. The predicted molar refractivity (Wildman–Crippen MR) is 82.8 cm³/mol. The fourth-order valence-electron chi connectivity index (χ4n) is 2.22. The van der Waals surface area contributed by atoms with Crippen LogP contribution in [0.15, 0.2) is 54.6 Å². The topological polar surface area (TPSA) is 36.8 Å². The SMILES string of the molecule is CC(O)(C[NH2+]CCc1ccccc1)c1ccc(Cl)cc1. The first kappa shape index (κ1) is 15.0. The van der Waals surface area contributed by atoms with Crippen molar-refractivity contribution >= 4 is 11.6 Å². The summed E-state index contributed by atoms with van der Waals surface area (Å²) in [6, 6.07) is 17.8. The normalized spacial score (nSPS) is 13.9. The molecule has 0 radical (unpaired) electrons. The van der Waals surface area contributed by atoms with Crippen molar-refractivity contribution in [1.29, 1.82) is 0 Å². The highest BCUT2D eigenvalue weighted by Crippen LogP contribution is 2.20. The van der Waals surface area contributed by atoms with Gasteiger partial charge in [-0.05, 0) is 30.2 Å². The van der Waals surface area contributed by atoms with Gasteiger partial charge in [-0.15, -0.1) is 0 Å². The zero-order valence-electron chi connectivity index (χ0n) is 11.7. The average molecular weight is 291 g/mol. The van der Waals surface area contributed by atoms with E-state index in [1.807, 2.05) is 37.3 Å². The Hall–Kier alpha value is -1.35. The summed E-state index contributed by atoms with van der Waals surface area (Å²) in [4.78, 5) is 0. The second-order valence-corrected chi connectivity index (χ2v) is 5.73. The minimum atomic E-state index is -0.832. The summed E-state index contributed by atoms with van der Waals surface area (Å²) in [6.07, 6.45) is 1.01. The van der Waals surface area contributed by atoms with E-state index < -0.39 is 5.60 Å². The Morgan fingerprint density at radius 2 is 1.70 bits per heavy atom. The lowest BCUT2D eigenvalue weighted by molar-refractivity contribution is -0.667. The van der Waals surface area contributed by atoms with Crippen molar-refractivity contribution in [2.24, 2.45) is 0 Å². The van der Waals surface area contributed by atoms with Crippen molar-refractivity contribution in [2.45, 2.75) is 18.9 Å². The Morgan fingerprint density at radius 1 is 1.05 bits per heavy atom. The number of rotatable bonds is 6. The van der Waals surface area contributed by atoms with Crippen LogP contribution in [0.3, 0.4) is 0 Å². The molecule has 0 aliphatic rings. The maximum Gasteiger partial charge on any atom is 0.135 e. The molecule has 0 saturated carbocycles. The standard InChI is InChI=1S/C17H20ClNO/c1-17(20,15-7-9-16(18)10-8-15)13-19-12-11-14-5-3-2-4-6-14/h2-10,19-20H,11-13H2,1H3/p+1. The van der Waals surface area contributed by atoms with Gasteiger partial charge in [0.1, 0.15) is 12.1 Å². The summed E-state index contributed by atoms with van der Waals surface area (Å²) < 4.78 is 0. The molecule has 1 atom stereocenters. The molecule has 0 heterocycles. The van der Waals surface area contributed by atoms with Gasteiger partial charge in [0.2, 0.25) is 0 Å². The summed E-state index contributed by atoms with van der Waals surface area (Å²) in [7, 11) is 0. The first-order valence-corrected chi connectivity index (χ1v) is 7.30. The van der Waals surface area contributed by atoms with Crippen LogP contribution in [0, 0.1) is 0 Å². The van der Waals surface area contributed by atoms with Crippen molar-refractivity contribution in [3.63, 3.8) is 0 Å². The molecule has 0 fully saturated rings. The number of benzene rings is 2. The van der Waals surface area contributed by atoms with E-state index >= 15 is 0 Å². The van der Waals surface area contributed by atoms with Crippen LogP contribution in [0.25, 0.3) is 0 Å². The second kappa shape index (κ2) is 6.89. The average Bonchev–Trinajstić information content (AvgIpc) is 2.45. The molecule has 3 heteroatoms. The van der Waals surface area contributed by atoms with Gasteiger partial charge >= 0.3 is 0 Å². The molecule has 0 aliphatic carbocycles. The fourth-order valence-corrected chi connectivity index (χ4v) is 2.35. The minimum Gasteiger partial charge on any atom is -0.380 e. The van der Waals surface area contributed by atoms with Gasteiger partial charge in [-0.1, -0.05) is 54.1 Å². The zero-order chi connectivity index (χ0) is 14.4. The molecule has 3 N–H and O–H groups in total. The maximum atomic E-state index is 10.5. The van der Waals surface area contributed by atoms with Crippen molar-refractivity contribution in [3.05, 3.63) is 70.7 Å². The highest BCUT2D eigenvalue weighted by atomic mass is 35.5. The molecule has 106 valence electrons. The van der Waals surface area contributed by atoms with E-state index in [0.717, 1.165) is 18.5 Å². The van der Waals surface area contributed by atoms with Crippen LogP contribution in [0.5, 0.6) is 0 Å². The summed E-state index contributed by atoms with van der Waals surface area (Å²) >= 11 is 5.87. The van der Waals surface area contributed by atoms with Gasteiger partial charge in [-0.25, -0.2) is 0 Å². The summed E-state index contributed by atoms with van der Waals surface area (Å²) in [6.45, 7) is 3.45. The number of hydrogen-bond donors (Lipinski definition) is 2. The smallest absolute Gasteiger partial charge is 0.135 e. The number of halogens is 1. The lowest BCUT2D eigenvalue weighted by atomic mass is 9.96. The van der Waals surface area contributed by atoms with E-state index in [9.17, 15) is 5.11 Å². The number of nitrogens with two attached hydrogens (primary N) is 1. The van der Waals surface area contributed by atoms with E-state index in [1.54, 1.807) is 0 Å². The van der Waals surface area contributed by atoms with Crippen molar-refractivity contribution in [2.75, 3.05) is 13.1 Å². The largest absolute Gasteiger partial charge is 0.380 e. The van der Waals surface area contributed by atoms with Crippen molar-refractivity contribution < 1.29 is 10.4 Å². The van der Waals surface area contributed by atoms with Crippen LogP contribution >= 0.6 is 11.6 Å². The molecular weight excluding hydrogens is 270 g/mol. The van der Waals surface area contributed by atoms with Crippen molar-refractivity contribution in [3.8, 4) is 0 Å². The predicted octanol–water partition coefficient (Wildman–Crippen LogP) is 2.35. The summed E-state index contributed by atoms with van der Waals surface area (Å²) in [5.74, 6) is 0. The molecule has 0 aromatic heterocycles. The van der Waals surface area contributed by atoms with Crippen LogP contribution in [0.2, 0.25) is 5.02 Å². The minimum absolute atomic E-state index is 0.640. The van der Waals surface area contributed by atoms with Crippen LogP contribution in [-0.2, 0) is 12.0 Å². The molecule has 0 bridgehead atoms. The van der Waals surface area contributed by atoms with E-state index in [1.165, 1.54) is 5.56 Å². The highest BCUT2D eigenvalue weighted by Gasteiger charge is 2.24. The Morgan fingerprint density at radius 3 is 2.35 bits per heavy atom. The number of hydrogen-bond acceptors (Lipinski definition) is 1. The van der Waals surface area contributed by atoms with Gasteiger partial charge in [0, 0.05) is 11.4 Å². The third-order valence-electron chi connectivity index (χ3n) is 3.49. The van der Waals surface area contributed by atoms with Gasteiger partial charge in [0.25, 0.3) is 0 Å². The first-order chi connectivity index (χ1) is 9.58. The molecule has 2 nitrogen and oxygen atoms in total. The maximum absolute atomic E-state index is 10.5. The third-order valence-corrected chi connectivity index (χ3v) is 3.74. The van der Waals surface area contributed by atoms with Crippen LogP contribution in [-0.4, -0.2) is 18.2 Å². The lowest BCUT2D eigenvalue weighted by Gasteiger charge is -2.22. The zero-order valence-corrected chi connectivity index (χ0v) is 12.5. The third kappa shape index (κ3) is 4.34. The molecular formula is C17H21ClNO+. The van der Waals surface area contributed by atoms with Gasteiger partial charge in [0.05, 0.1) is 6.54 Å². The number of aliphatic hydroxyl groups is 1. The van der Waals surface area contributed by atoms with Crippen LogP contribution < -0.4 is 5.32 Å². The molecule has 0 aliphatic heterocycles. The monoisotopic (exact) mass is 290 g/mol. The van der Waals surface area contributed by atoms with Gasteiger partial charge in [-0.3, -0.25) is 0 Å². The molecule has 0 amide bonds. The van der Waals surface area contributed by atoms with E-state index in [4.69, 9.17) is 11.6 Å². The van der Waals surface area contributed by atoms with Gasteiger partial charge in [-0.2, -0.15) is 0 Å². The molecule has 20 heavy (non-hydrogen) atoms. The van der Waals surface area contributed by atoms with Crippen molar-refractivity contribution in [1.82, 2.24) is 0 Å². The molecule has 0 saturated heterocycles.